The molecule has 1 aliphatic rings. The second kappa shape index (κ2) is 15.5. The Kier molecular flexibility index (Phi) is 11.7. The van der Waals surface area contributed by atoms with Crippen LogP contribution < -0.4 is 9.64 Å². The third-order valence-electron chi connectivity index (χ3n) is 8.30. The Balaban J connectivity index is 1.52. The van der Waals surface area contributed by atoms with Gasteiger partial charge in [-0.25, -0.2) is 0 Å². The lowest BCUT2D eigenvalue weighted by atomic mass is 9.98. The van der Waals surface area contributed by atoms with Gasteiger partial charge in [-0.3, -0.25) is 4.98 Å². The highest BCUT2D eigenvalue weighted by Crippen LogP contribution is 2.39. The number of hydrogen-bond acceptors (Lipinski definition) is 7. The van der Waals surface area contributed by atoms with E-state index in [4.69, 9.17) is 29.3 Å². The third-order valence-corrected chi connectivity index (χ3v) is 12.4. The van der Waals surface area contributed by atoms with Crippen LogP contribution in [0.2, 0.25) is 51.4 Å². The zero-order valence-electron chi connectivity index (χ0n) is 28.4. The molecule has 1 aromatic carbocycles. The van der Waals surface area contributed by atoms with Crippen LogP contribution in [0.4, 0.5) is 5.82 Å². The first-order chi connectivity index (χ1) is 22.0. The van der Waals surface area contributed by atoms with Gasteiger partial charge in [-0.15, -0.1) is 0 Å². The van der Waals surface area contributed by atoms with Gasteiger partial charge in [0.1, 0.15) is 24.0 Å². The van der Waals surface area contributed by atoms with Gasteiger partial charge >= 0.3 is 0 Å². The smallest absolute Gasteiger partial charge is 0.234 e. The van der Waals surface area contributed by atoms with E-state index < -0.39 is 16.1 Å². The summed E-state index contributed by atoms with van der Waals surface area (Å²) in [5.41, 5.74) is 4.57. The van der Waals surface area contributed by atoms with E-state index in [1.54, 1.807) is 0 Å². The van der Waals surface area contributed by atoms with Gasteiger partial charge in [-0.05, 0) is 59.8 Å². The molecule has 0 saturated heterocycles. The van der Waals surface area contributed by atoms with Gasteiger partial charge in [0.25, 0.3) is 0 Å². The first-order valence-electron chi connectivity index (χ1n) is 16.6. The SMILES string of the molecule is C[Si](C)(C)CCOCN(COCC[Si](C)(C)C)c1c(Br)c(OC2CCCCC2)nc2c(-c3ccc(-c4ccccc4)nc3)cnn12. The van der Waals surface area contributed by atoms with Crippen LogP contribution in [-0.2, 0) is 9.47 Å². The van der Waals surface area contributed by atoms with Crippen molar-refractivity contribution in [1.82, 2.24) is 19.6 Å². The van der Waals surface area contributed by atoms with Crippen molar-refractivity contribution in [3.05, 3.63) is 59.3 Å². The molecule has 4 aromatic rings. The maximum absolute atomic E-state index is 6.65. The van der Waals surface area contributed by atoms with Crippen LogP contribution in [0.1, 0.15) is 32.1 Å². The Morgan fingerprint density at radius 2 is 1.48 bits per heavy atom. The van der Waals surface area contributed by atoms with E-state index in [1.807, 2.05) is 35.1 Å². The first-order valence-corrected chi connectivity index (χ1v) is 24.9. The molecule has 0 amide bonds. The van der Waals surface area contributed by atoms with Gasteiger partial charge in [-0.1, -0.05) is 82.1 Å². The number of hydrogen-bond donors (Lipinski definition) is 0. The Hall–Kier alpha value is -2.58. The first kappa shape index (κ1) is 34.7. The van der Waals surface area contributed by atoms with Gasteiger partial charge in [0.15, 0.2) is 11.5 Å². The summed E-state index contributed by atoms with van der Waals surface area (Å²) >= 11 is 3.91. The molecule has 248 valence electrons. The molecule has 1 fully saturated rings. The minimum absolute atomic E-state index is 0.139. The fourth-order valence-electron chi connectivity index (χ4n) is 5.43. The van der Waals surface area contributed by atoms with Gasteiger partial charge in [0, 0.05) is 52.2 Å². The highest BCUT2D eigenvalue weighted by molar-refractivity contribution is 9.10. The van der Waals surface area contributed by atoms with E-state index in [0.717, 1.165) is 57.6 Å². The van der Waals surface area contributed by atoms with Crippen LogP contribution in [0, 0.1) is 0 Å². The lowest BCUT2D eigenvalue weighted by Crippen LogP contribution is -2.33. The van der Waals surface area contributed by atoms with Crippen molar-refractivity contribution in [3.8, 4) is 28.3 Å². The summed E-state index contributed by atoms with van der Waals surface area (Å²) < 4.78 is 21.9. The van der Waals surface area contributed by atoms with Crippen molar-refractivity contribution in [3.63, 3.8) is 0 Å². The summed E-state index contributed by atoms with van der Waals surface area (Å²) in [4.78, 5) is 12.0. The van der Waals surface area contributed by atoms with Gasteiger partial charge in [0.2, 0.25) is 5.88 Å². The highest BCUT2D eigenvalue weighted by Gasteiger charge is 2.26. The number of ether oxygens (including phenoxy) is 3. The van der Waals surface area contributed by atoms with E-state index in [2.05, 4.69) is 84.4 Å². The van der Waals surface area contributed by atoms with Crippen LogP contribution in [0.25, 0.3) is 28.0 Å². The average molecular weight is 725 g/mol. The molecule has 3 heterocycles. The molecule has 46 heavy (non-hydrogen) atoms. The highest BCUT2D eigenvalue weighted by atomic mass is 79.9. The second-order valence-electron chi connectivity index (χ2n) is 14.8. The van der Waals surface area contributed by atoms with Crippen LogP contribution in [0.3, 0.4) is 0 Å². The molecule has 0 atom stereocenters. The van der Waals surface area contributed by atoms with Crippen molar-refractivity contribution in [2.45, 2.75) is 89.6 Å². The zero-order valence-corrected chi connectivity index (χ0v) is 32.0. The normalized spacial score (nSPS) is 14.6. The fourth-order valence-corrected chi connectivity index (χ4v) is 7.55. The number of benzene rings is 1. The van der Waals surface area contributed by atoms with E-state index in [-0.39, 0.29) is 6.10 Å². The predicted octanol–water partition coefficient (Wildman–Crippen LogP) is 9.36. The number of fused-ring (bicyclic) bond motifs is 1. The fraction of sp³-hybridized carbons (Fsp3) is 0.514. The van der Waals surface area contributed by atoms with Crippen LogP contribution in [-0.4, -0.2) is 68.5 Å². The van der Waals surface area contributed by atoms with Crippen molar-refractivity contribution >= 4 is 43.5 Å². The summed E-state index contributed by atoms with van der Waals surface area (Å²) in [6.07, 6.45) is 9.60. The number of aromatic nitrogens is 4. The van der Waals surface area contributed by atoms with Crippen LogP contribution in [0.15, 0.2) is 59.3 Å². The Bertz CT molecular complexity index is 1530. The molecule has 0 radical (unpaired) electrons. The van der Waals surface area contributed by atoms with Crippen molar-refractivity contribution in [2.24, 2.45) is 0 Å². The lowest BCUT2D eigenvalue weighted by Gasteiger charge is -2.29. The zero-order chi connectivity index (χ0) is 32.7. The number of anilines is 1. The molecule has 8 nitrogen and oxygen atoms in total. The number of halogens is 1. The molecule has 1 saturated carbocycles. The minimum atomic E-state index is -1.24. The van der Waals surface area contributed by atoms with Crippen LogP contribution >= 0.6 is 15.9 Å². The largest absolute Gasteiger partial charge is 0.473 e. The second-order valence-corrected chi connectivity index (χ2v) is 26.8. The Morgan fingerprint density at radius 1 is 0.826 bits per heavy atom. The molecule has 3 aromatic heterocycles. The summed E-state index contributed by atoms with van der Waals surface area (Å²) in [5, 5.41) is 4.88. The van der Waals surface area contributed by atoms with E-state index in [1.165, 1.54) is 19.3 Å². The maximum atomic E-state index is 6.65. The molecule has 0 aliphatic heterocycles. The molecule has 11 heteroatoms. The van der Waals surface area contributed by atoms with Crippen molar-refractivity contribution in [1.29, 1.82) is 0 Å². The molecule has 0 spiro atoms. The molecule has 0 N–H and O–H groups in total. The molecule has 1 aliphatic carbocycles. The molecule has 0 unspecified atom stereocenters. The maximum Gasteiger partial charge on any atom is 0.234 e. The summed E-state index contributed by atoms with van der Waals surface area (Å²) in [7, 11) is -2.48. The predicted molar refractivity (Wildman–Crippen MR) is 197 cm³/mol. The van der Waals surface area contributed by atoms with E-state index >= 15 is 0 Å². The summed E-state index contributed by atoms with van der Waals surface area (Å²) in [6.45, 7) is 16.4. The monoisotopic (exact) mass is 723 g/mol. The van der Waals surface area contributed by atoms with Crippen molar-refractivity contribution in [2.75, 3.05) is 31.6 Å². The number of rotatable bonds is 15. The topological polar surface area (TPSA) is 74.0 Å². The molecule has 5 rings (SSSR count). The molecular formula is C35H50BrN5O3Si2. The van der Waals surface area contributed by atoms with Gasteiger partial charge in [0.05, 0.1) is 11.9 Å². The van der Waals surface area contributed by atoms with E-state index in [0.29, 0.717) is 38.2 Å². The number of nitrogens with zero attached hydrogens (tertiary/aromatic N) is 5. The van der Waals surface area contributed by atoms with Crippen molar-refractivity contribution < 1.29 is 14.2 Å². The van der Waals surface area contributed by atoms with E-state index in [9.17, 15) is 0 Å². The standard InChI is InChI=1S/C35H50BrN5O3Si2/c1-45(2,3)21-19-42-25-40(26-43-20-22-46(4,5)6)35-32(36)34(44-29-15-11-8-12-16-29)39-33-30(24-38-41(33)35)28-17-18-31(37-23-28)27-13-9-7-10-14-27/h7,9-10,13-14,17-18,23-24,29H,8,11-12,15-16,19-22,25-26H2,1-6H3. The third kappa shape index (κ3) is 9.50. The quantitative estimate of drug-likeness (QED) is 0.0688. The number of pyridine rings is 1. The van der Waals surface area contributed by atoms with Gasteiger partial charge in [-0.2, -0.15) is 14.6 Å². The van der Waals surface area contributed by atoms with Crippen LogP contribution in [0.5, 0.6) is 5.88 Å². The Morgan fingerprint density at radius 3 is 2.07 bits per heavy atom. The summed E-state index contributed by atoms with van der Waals surface area (Å²) in [5.74, 6) is 1.40. The minimum Gasteiger partial charge on any atom is -0.473 e. The lowest BCUT2D eigenvalue weighted by molar-refractivity contribution is 0.0938. The molecular weight excluding hydrogens is 674 g/mol. The molecule has 0 bridgehead atoms. The average Bonchev–Trinajstić information content (AvgIpc) is 3.44. The van der Waals surface area contributed by atoms with Gasteiger partial charge < -0.3 is 19.1 Å². The summed E-state index contributed by atoms with van der Waals surface area (Å²) in [6, 6.07) is 16.6. The Labute approximate surface area is 285 Å².